The Hall–Kier alpha value is -1.39. The molecule has 0 N–H and O–H groups in total. The first-order valence-corrected chi connectivity index (χ1v) is 7.93. The molecule has 0 radical (unpaired) electrons. The molecule has 0 saturated heterocycles. The zero-order chi connectivity index (χ0) is 15.7. The third kappa shape index (κ3) is 4.83. The van der Waals surface area contributed by atoms with Crippen molar-refractivity contribution in [1.29, 1.82) is 0 Å². The minimum absolute atomic E-state index is 0.0893. The fraction of sp³-hybridized carbons (Fsp3) is 0.812. The van der Waals surface area contributed by atoms with Gasteiger partial charge in [-0.15, -0.1) is 0 Å². The van der Waals surface area contributed by atoms with E-state index >= 15 is 0 Å². The van der Waals surface area contributed by atoms with Crippen molar-refractivity contribution in [2.24, 2.45) is 5.41 Å². The fourth-order valence-corrected chi connectivity index (χ4v) is 2.66. The predicted octanol–water partition coefficient (Wildman–Crippen LogP) is 2.80. The van der Waals surface area contributed by atoms with E-state index in [-0.39, 0.29) is 31.2 Å². The van der Waals surface area contributed by atoms with Gasteiger partial charge in [0.05, 0.1) is 13.2 Å². The van der Waals surface area contributed by atoms with Crippen molar-refractivity contribution in [3.05, 3.63) is 0 Å². The lowest BCUT2D eigenvalue weighted by molar-refractivity contribution is -0.163. The molecule has 120 valence electrons. The quantitative estimate of drug-likeness (QED) is 0.391. The first-order chi connectivity index (χ1) is 10.1. The number of unbranched alkanes of at least 4 members (excludes halogenated alkanes) is 1. The average Bonchev–Trinajstić information content (AvgIpc) is 2.47. The molecule has 1 aliphatic carbocycles. The van der Waals surface area contributed by atoms with Crippen LogP contribution in [0.1, 0.15) is 65.2 Å². The van der Waals surface area contributed by atoms with Gasteiger partial charge in [0.25, 0.3) is 0 Å². The van der Waals surface area contributed by atoms with Crippen molar-refractivity contribution in [3.63, 3.8) is 0 Å². The minimum atomic E-state index is -1.13. The molecule has 1 atom stereocenters. The molecular formula is C16H26O5. The van der Waals surface area contributed by atoms with Gasteiger partial charge in [-0.1, -0.05) is 19.8 Å². The first kappa shape index (κ1) is 17.7. The number of ether oxygens (including phenoxy) is 2. The van der Waals surface area contributed by atoms with Crippen molar-refractivity contribution >= 4 is 17.7 Å². The van der Waals surface area contributed by atoms with Gasteiger partial charge in [0, 0.05) is 12.8 Å². The smallest absolute Gasteiger partial charge is 0.319 e. The molecule has 0 aromatic heterocycles. The summed E-state index contributed by atoms with van der Waals surface area (Å²) in [6.45, 7) is 4.38. The maximum atomic E-state index is 12.3. The molecule has 1 aliphatic rings. The highest BCUT2D eigenvalue weighted by Crippen LogP contribution is 2.38. The van der Waals surface area contributed by atoms with Crippen LogP contribution in [0.4, 0.5) is 0 Å². The van der Waals surface area contributed by atoms with Crippen LogP contribution in [-0.2, 0) is 23.9 Å². The molecule has 0 spiro atoms. The Balaban J connectivity index is 2.63. The van der Waals surface area contributed by atoms with Crippen LogP contribution in [0.2, 0.25) is 0 Å². The van der Waals surface area contributed by atoms with E-state index in [1.165, 1.54) is 0 Å². The van der Waals surface area contributed by atoms with Crippen molar-refractivity contribution < 1.29 is 23.9 Å². The molecule has 1 rings (SSSR count). The monoisotopic (exact) mass is 298 g/mol. The Labute approximate surface area is 126 Å². The van der Waals surface area contributed by atoms with Gasteiger partial charge in [-0.25, -0.2) is 0 Å². The highest BCUT2D eigenvalue weighted by atomic mass is 16.5. The SMILES string of the molecule is CCCCOC(=O)CCC1(C(=O)OCC)CCCCC1=O. The minimum Gasteiger partial charge on any atom is -0.466 e. The maximum Gasteiger partial charge on any atom is 0.319 e. The van der Waals surface area contributed by atoms with E-state index < -0.39 is 11.4 Å². The Morgan fingerprint density at radius 3 is 2.57 bits per heavy atom. The van der Waals surface area contributed by atoms with Crippen LogP contribution >= 0.6 is 0 Å². The van der Waals surface area contributed by atoms with Crippen LogP contribution in [0, 0.1) is 5.41 Å². The molecule has 0 aromatic rings. The van der Waals surface area contributed by atoms with Gasteiger partial charge in [0.1, 0.15) is 11.2 Å². The molecule has 0 aromatic carbocycles. The summed E-state index contributed by atoms with van der Waals surface area (Å²) in [5.41, 5.74) is -1.13. The summed E-state index contributed by atoms with van der Waals surface area (Å²) in [5, 5.41) is 0. The summed E-state index contributed by atoms with van der Waals surface area (Å²) in [6.07, 6.45) is 4.57. The second-order valence-electron chi connectivity index (χ2n) is 5.51. The van der Waals surface area contributed by atoms with Crippen LogP contribution in [0.15, 0.2) is 0 Å². The molecule has 0 heterocycles. The molecule has 21 heavy (non-hydrogen) atoms. The van der Waals surface area contributed by atoms with Crippen molar-refractivity contribution in [1.82, 2.24) is 0 Å². The summed E-state index contributed by atoms with van der Waals surface area (Å²) in [4.78, 5) is 36.2. The summed E-state index contributed by atoms with van der Waals surface area (Å²) in [6, 6.07) is 0. The topological polar surface area (TPSA) is 69.7 Å². The molecule has 1 unspecified atom stereocenters. The first-order valence-electron chi connectivity index (χ1n) is 7.93. The third-order valence-corrected chi connectivity index (χ3v) is 3.97. The second-order valence-corrected chi connectivity index (χ2v) is 5.51. The second kappa shape index (κ2) is 8.80. The van der Waals surface area contributed by atoms with Crippen molar-refractivity contribution in [2.45, 2.75) is 65.2 Å². The number of carbonyl (C=O) groups excluding carboxylic acids is 3. The Kier molecular flexibility index (Phi) is 7.40. The van der Waals surface area contributed by atoms with Crippen LogP contribution in [-0.4, -0.2) is 30.9 Å². The summed E-state index contributed by atoms with van der Waals surface area (Å²) < 4.78 is 10.2. The molecule has 1 saturated carbocycles. The van der Waals surface area contributed by atoms with Gasteiger partial charge >= 0.3 is 11.9 Å². The summed E-state index contributed by atoms with van der Waals surface area (Å²) >= 11 is 0. The van der Waals surface area contributed by atoms with Crippen LogP contribution in [0.3, 0.4) is 0 Å². The standard InChI is InChI=1S/C16H26O5/c1-3-5-12-21-14(18)9-11-16(15(19)20-4-2)10-7-6-8-13(16)17/h3-12H2,1-2H3. The fourth-order valence-electron chi connectivity index (χ4n) is 2.66. The summed E-state index contributed by atoms with van der Waals surface area (Å²) in [5.74, 6) is -0.907. The predicted molar refractivity (Wildman–Crippen MR) is 77.6 cm³/mol. The van der Waals surface area contributed by atoms with Crippen molar-refractivity contribution in [3.8, 4) is 0 Å². The lowest BCUT2D eigenvalue weighted by Crippen LogP contribution is -2.43. The normalized spacial score (nSPS) is 21.9. The van der Waals surface area contributed by atoms with Crippen LogP contribution in [0.25, 0.3) is 0 Å². The van der Waals surface area contributed by atoms with Gasteiger partial charge in [-0.2, -0.15) is 0 Å². The Morgan fingerprint density at radius 1 is 1.19 bits per heavy atom. The van der Waals surface area contributed by atoms with Gasteiger partial charge < -0.3 is 9.47 Å². The number of hydrogen-bond donors (Lipinski definition) is 0. The highest BCUT2D eigenvalue weighted by molar-refractivity contribution is 6.04. The van der Waals surface area contributed by atoms with E-state index in [0.29, 0.717) is 19.4 Å². The highest BCUT2D eigenvalue weighted by Gasteiger charge is 2.47. The van der Waals surface area contributed by atoms with E-state index in [9.17, 15) is 14.4 Å². The zero-order valence-corrected chi connectivity index (χ0v) is 13.1. The maximum absolute atomic E-state index is 12.3. The number of ketones is 1. The van der Waals surface area contributed by atoms with Gasteiger partial charge in [0.2, 0.25) is 0 Å². The lowest BCUT2D eigenvalue weighted by Gasteiger charge is -2.33. The Bertz CT molecular complexity index is 377. The van der Waals surface area contributed by atoms with Crippen molar-refractivity contribution in [2.75, 3.05) is 13.2 Å². The Morgan fingerprint density at radius 2 is 1.95 bits per heavy atom. The molecule has 0 amide bonds. The zero-order valence-electron chi connectivity index (χ0n) is 13.1. The van der Waals surface area contributed by atoms with Gasteiger partial charge in [-0.05, 0) is 32.6 Å². The molecule has 0 aliphatic heterocycles. The van der Waals surface area contributed by atoms with Crippen LogP contribution in [0.5, 0.6) is 0 Å². The van der Waals surface area contributed by atoms with E-state index in [4.69, 9.17) is 9.47 Å². The van der Waals surface area contributed by atoms with E-state index in [2.05, 4.69) is 0 Å². The molecule has 0 bridgehead atoms. The molecule has 5 heteroatoms. The lowest BCUT2D eigenvalue weighted by atomic mass is 9.70. The van der Waals surface area contributed by atoms with Crippen LogP contribution < -0.4 is 0 Å². The number of rotatable bonds is 8. The van der Waals surface area contributed by atoms with E-state index in [0.717, 1.165) is 25.7 Å². The van der Waals surface area contributed by atoms with E-state index in [1.54, 1.807) is 6.92 Å². The molecule has 1 fully saturated rings. The van der Waals surface area contributed by atoms with E-state index in [1.807, 2.05) is 6.92 Å². The number of hydrogen-bond acceptors (Lipinski definition) is 5. The largest absolute Gasteiger partial charge is 0.466 e. The number of esters is 2. The van der Waals surface area contributed by atoms with Gasteiger partial charge in [-0.3, -0.25) is 14.4 Å². The average molecular weight is 298 g/mol. The number of Topliss-reactive ketones (excluding diaryl/α,β-unsaturated/α-hetero) is 1. The number of carbonyl (C=O) groups is 3. The third-order valence-electron chi connectivity index (χ3n) is 3.97. The summed E-state index contributed by atoms with van der Waals surface area (Å²) in [7, 11) is 0. The molecule has 5 nitrogen and oxygen atoms in total. The molecular weight excluding hydrogens is 272 g/mol. The van der Waals surface area contributed by atoms with Gasteiger partial charge in [0.15, 0.2) is 0 Å².